The average molecular weight is 360 g/mol. The van der Waals surface area contributed by atoms with Crippen molar-refractivity contribution in [2.75, 3.05) is 5.32 Å². The summed E-state index contributed by atoms with van der Waals surface area (Å²) < 4.78 is 0. The zero-order chi connectivity index (χ0) is 18.5. The van der Waals surface area contributed by atoms with Crippen LogP contribution in [-0.2, 0) is 0 Å². The fourth-order valence-corrected chi connectivity index (χ4v) is 3.69. The highest BCUT2D eigenvalue weighted by atomic mass is 15.2. The predicted octanol–water partition coefficient (Wildman–Crippen LogP) is 4.55. The van der Waals surface area contributed by atoms with Crippen LogP contribution in [-0.4, -0.2) is 25.1 Å². The fraction of sp³-hybridized carbons (Fsp3) is 0.381. The normalized spacial score (nSPS) is 16.0. The van der Waals surface area contributed by atoms with Crippen LogP contribution >= 0.6 is 0 Å². The van der Waals surface area contributed by atoms with Crippen LogP contribution in [0, 0.1) is 0 Å². The highest BCUT2D eigenvalue weighted by molar-refractivity contribution is 5.59. The van der Waals surface area contributed by atoms with Gasteiger partial charge in [0, 0.05) is 11.8 Å². The molecule has 27 heavy (non-hydrogen) atoms. The molecule has 0 bridgehead atoms. The zero-order valence-corrected chi connectivity index (χ0v) is 15.5. The molecule has 138 valence electrons. The van der Waals surface area contributed by atoms with E-state index in [9.17, 15) is 0 Å². The maximum absolute atomic E-state index is 4.62. The Labute approximate surface area is 159 Å². The molecule has 1 atom stereocenters. The van der Waals surface area contributed by atoms with E-state index in [1.807, 2.05) is 13.0 Å². The second kappa shape index (κ2) is 8.20. The molecule has 0 amide bonds. The zero-order valence-electron chi connectivity index (χ0n) is 15.5. The first-order valence-electron chi connectivity index (χ1n) is 9.62. The molecule has 0 spiro atoms. The molecule has 0 saturated heterocycles. The molecule has 1 saturated carbocycles. The third-order valence-electron chi connectivity index (χ3n) is 5.24. The second-order valence-corrected chi connectivity index (χ2v) is 7.12. The molecule has 0 aliphatic heterocycles. The van der Waals surface area contributed by atoms with Crippen molar-refractivity contribution in [3.8, 4) is 11.3 Å². The summed E-state index contributed by atoms with van der Waals surface area (Å²) in [6, 6.07) is 10.6. The second-order valence-electron chi connectivity index (χ2n) is 7.12. The Balaban J connectivity index is 1.48. The largest absolute Gasteiger partial charge is 0.345 e. The number of anilines is 1. The third-order valence-corrected chi connectivity index (χ3v) is 5.24. The molecule has 0 radical (unpaired) electrons. The third kappa shape index (κ3) is 4.27. The van der Waals surface area contributed by atoms with Crippen LogP contribution in [0.15, 0.2) is 49.1 Å². The molecular weight excluding hydrogens is 336 g/mol. The van der Waals surface area contributed by atoms with Crippen LogP contribution in [0.2, 0.25) is 0 Å². The van der Waals surface area contributed by atoms with Gasteiger partial charge in [-0.3, -0.25) is 0 Å². The van der Waals surface area contributed by atoms with Gasteiger partial charge < -0.3 is 5.32 Å². The Hall–Kier alpha value is -2.89. The van der Waals surface area contributed by atoms with Crippen LogP contribution in [0.3, 0.4) is 0 Å². The van der Waals surface area contributed by atoms with Crippen molar-refractivity contribution in [3.05, 3.63) is 60.3 Å². The summed E-state index contributed by atoms with van der Waals surface area (Å²) in [6.45, 7) is 2.01. The number of aromatic nitrogens is 5. The van der Waals surface area contributed by atoms with Crippen molar-refractivity contribution < 1.29 is 0 Å². The minimum Gasteiger partial charge on any atom is -0.345 e. The Kier molecular flexibility index (Phi) is 5.32. The molecule has 1 aromatic carbocycles. The summed E-state index contributed by atoms with van der Waals surface area (Å²) in [5.41, 5.74) is 4.20. The lowest BCUT2D eigenvalue weighted by Gasteiger charge is -2.22. The Morgan fingerprint density at radius 2 is 1.85 bits per heavy atom. The number of hydrogen-bond donors (Lipinski definition) is 1. The van der Waals surface area contributed by atoms with Gasteiger partial charge in [-0.05, 0) is 37.3 Å². The molecular formula is C21H24N6. The maximum atomic E-state index is 4.62. The van der Waals surface area contributed by atoms with E-state index in [1.165, 1.54) is 44.0 Å². The average Bonchev–Trinajstić information content (AvgIpc) is 2.75. The van der Waals surface area contributed by atoms with Gasteiger partial charge in [-0.25, -0.2) is 15.0 Å². The maximum Gasteiger partial charge on any atom is 0.243 e. The number of hydrogen-bond acceptors (Lipinski definition) is 6. The Bertz CT molecular complexity index is 859. The summed E-state index contributed by atoms with van der Waals surface area (Å²) in [6.07, 6.45) is 11.7. The molecule has 1 unspecified atom stereocenters. The van der Waals surface area contributed by atoms with Gasteiger partial charge in [0.15, 0.2) is 0 Å². The van der Waals surface area contributed by atoms with Crippen molar-refractivity contribution in [2.45, 2.75) is 51.0 Å². The van der Waals surface area contributed by atoms with Gasteiger partial charge in [0.2, 0.25) is 5.95 Å². The van der Waals surface area contributed by atoms with Gasteiger partial charge in [-0.1, -0.05) is 43.5 Å². The lowest BCUT2D eigenvalue weighted by Crippen LogP contribution is -2.11. The number of nitrogens with zero attached hydrogens (tertiary/aromatic N) is 5. The number of rotatable bonds is 5. The quantitative estimate of drug-likeness (QED) is 0.719. The highest BCUT2D eigenvalue weighted by Gasteiger charge is 2.15. The van der Waals surface area contributed by atoms with Gasteiger partial charge in [-0.2, -0.15) is 5.10 Å². The van der Waals surface area contributed by atoms with E-state index >= 15 is 0 Å². The monoisotopic (exact) mass is 360 g/mol. The molecule has 1 N–H and O–H groups in total. The van der Waals surface area contributed by atoms with Crippen molar-refractivity contribution in [2.24, 2.45) is 0 Å². The predicted molar refractivity (Wildman–Crippen MR) is 105 cm³/mol. The standard InChI is InChI=1S/C21H24N6/c1-15(19-11-12-22-14-23-19)25-21-26-20(13-24-27-21)18-9-7-17(8-10-18)16-5-3-2-4-6-16/h7-16H,2-6H2,1H3,(H,25,26,27). The Morgan fingerprint density at radius 1 is 1.04 bits per heavy atom. The molecule has 1 aliphatic rings. The van der Waals surface area contributed by atoms with Gasteiger partial charge in [0.1, 0.15) is 6.33 Å². The van der Waals surface area contributed by atoms with E-state index < -0.39 is 0 Å². The summed E-state index contributed by atoms with van der Waals surface area (Å²) in [5.74, 6) is 1.21. The van der Waals surface area contributed by atoms with Crippen LogP contribution < -0.4 is 5.32 Å². The van der Waals surface area contributed by atoms with Crippen LogP contribution in [0.25, 0.3) is 11.3 Å². The van der Waals surface area contributed by atoms with Crippen molar-refractivity contribution in [1.82, 2.24) is 25.1 Å². The van der Waals surface area contributed by atoms with E-state index in [0.717, 1.165) is 17.0 Å². The smallest absolute Gasteiger partial charge is 0.243 e. The summed E-state index contributed by atoms with van der Waals surface area (Å²) >= 11 is 0. The molecule has 2 aromatic heterocycles. The van der Waals surface area contributed by atoms with Gasteiger partial charge in [-0.15, -0.1) is 5.10 Å². The van der Waals surface area contributed by atoms with E-state index in [4.69, 9.17) is 0 Å². The van der Waals surface area contributed by atoms with Crippen LogP contribution in [0.4, 0.5) is 5.95 Å². The SMILES string of the molecule is CC(Nc1nncc(-c2ccc(C3CCCCC3)cc2)n1)c1ccncn1. The van der Waals surface area contributed by atoms with E-state index in [0.29, 0.717) is 11.9 Å². The molecule has 1 fully saturated rings. The van der Waals surface area contributed by atoms with Crippen molar-refractivity contribution in [3.63, 3.8) is 0 Å². The van der Waals surface area contributed by atoms with Gasteiger partial charge in [0.05, 0.1) is 23.6 Å². The summed E-state index contributed by atoms with van der Waals surface area (Å²) in [4.78, 5) is 12.8. The molecule has 2 heterocycles. The molecule has 4 rings (SSSR count). The van der Waals surface area contributed by atoms with Crippen LogP contribution in [0.1, 0.15) is 62.2 Å². The van der Waals surface area contributed by atoms with Gasteiger partial charge >= 0.3 is 0 Å². The van der Waals surface area contributed by atoms with E-state index in [2.05, 4.69) is 54.7 Å². The van der Waals surface area contributed by atoms with E-state index in [1.54, 1.807) is 12.4 Å². The van der Waals surface area contributed by atoms with E-state index in [-0.39, 0.29) is 6.04 Å². The Morgan fingerprint density at radius 3 is 2.59 bits per heavy atom. The topological polar surface area (TPSA) is 76.5 Å². The fourth-order valence-electron chi connectivity index (χ4n) is 3.69. The lowest BCUT2D eigenvalue weighted by molar-refractivity contribution is 0.443. The first-order chi connectivity index (χ1) is 13.3. The lowest BCUT2D eigenvalue weighted by atomic mass is 9.84. The summed E-state index contributed by atoms with van der Waals surface area (Å²) in [7, 11) is 0. The summed E-state index contributed by atoms with van der Waals surface area (Å²) in [5, 5.41) is 11.5. The van der Waals surface area contributed by atoms with Crippen molar-refractivity contribution >= 4 is 5.95 Å². The minimum absolute atomic E-state index is 0.0290. The minimum atomic E-state index is -0.0290. The molecule has 6 heteroatoms. The molecule has 3 aromatic rings. The van der Waals surface area contributed by atoms with Crippen LogP contribution in [0.5, 0.6) is 0 Å². The first-order valence-corrected chi connectivity index (χ1v) is 9.62. The molecule has 6 nitrogen and oxygen atoms in total. The number of nitrogens with one attached hydrogen (secondary N) is 1. The number of benzene rings is 1. The highest BCUT2D eigenvalue weighted by Crippen LogP contribution is 2.33. The van der Waals surface area contributed by atoms with Gasteiger partial charge in [0.25, 0.3) is 0 Å². The molecule has 1 aliphatic carbocycles. The van der Waals surface area contributed by atoms with Crippen molar-refractivity contribution in [1.29, 1.82) is 0 Å². The first kappa shape index (κ1) is 17.5.